The summed E-state index contributed by atoms with van der Waals surface area (Å²) < 4.78 is 55.4. The molecule has 2 aliphatic heterocycles. The molecule has 9 nitrogen and oxygen atoms in total. The molecule has 2 saturated heterocycles. The molecule has 1 aromatic rings. The molecule has 0 aliphatic carbocycles. The van der Waals surface area contributed by atoms with Gasteiger partial charge in [-0.15, -0.1) is 0 Å². The highest BCUT2D eigenvalue weighted by Crippen LogP contribution is 2.18. The smallest absolute Gasteiger partial charge is 0.282 e. The van der Waals surface area contributed by atoms with Crippen molar-refractivity contribution in [3.63, 3.8) is 0 Å². The number of carbonyl (C=O) groups excluding carboxylic acids is 1. The molecule has 32 heavy (non-hydrogen) atoms. The summed E-state index contributed by atoms with van der Waals surface area (Å²) in [6, 6.07) is 7.39. The van der Waals surface area contributed by atoms with Crippen LogP contribution in [0.4, 0.5) is 0 Å². The van der Waals surface area contributed by atoms with Gasteiger partial charge in [0.2, 0.25) is 15.9 Å². The third kappa shape index (κ3) is 6.85. The molecule has 0 spiro atoms. The van der Waals surface area contributed by atoms with Crippen LogP contribution in [-0.4, -0.2) is 82.1 Å². The van der Waals surface area contributed by atoms with Gasteiger partial charge in [0, 0.05) is 44.7 Å². The van der Waals surface area contributed by atoms with Gasteiger partial charge in [-0.2, -0.15) is 17.0 Å². The van der Waals surface area contributed by atoms with Gasteiger partial charge in [0.1, 0.15) is 0 Å². The molecule has 3 rings (SSSR count). The number of sulfonamides is 1. The number of hydrogen-bond acceptors (Lipinski definition) is 5. The molecular weight excluding hydrogens is 452 g/mol. The van der Waals surface area contributed by atoms with Crippen LogP contribution in [0.1, 0.15) is 36.8 Å². The van der Waals surface area contributed by atoms with Gasteiger partial charge >= 0.3 is 0 Å². The maximum atomic E-state index is 12.9. The number of rotatable bonds is 7. The van der Waals surface area contributed by atoms with E-state index in [2.05, 4.69) is 4.72 Å². The maximum absolute atomic E-state index is 12.9. The highest BCUT2D eigenvalue weighted by Gasteiger charge is 2.33. The van der Waals surface area contributed by atoms with Gasteiger partial charge in [0.05, 0.1) is 6.54 Å². The van der Waals surface area contributed by atoms with Crippen LogP contribution in [0.3, 0.4) is 0 Å². The third-order valence-corrected chi connectivity index (χ3v) is 8.83. The van der Waals surface area contributed by atoms with Gasteiger partial charge in [0.15, 0.2) is 0 Å². The molecule has 178 valence electrons. The average Bonchev–Trinajstić information content (AvgIpc) is 3.08. The van der Waals surface area contributed by atoms with Gasteiger partial charge in [-0.1, -0.05) is 42.7 Å². The van der Waals surface area contributed by atoms with E-state index in [0.717, 1.165) is 42.2 Å². The van der Waals surface area contributed by atoms with Crippen LogP contribution in [0.2, 0.25) is 0 Å². The normalized spacial score (nSPS) is 19.8. The number of nitrogens with one attached hydrogen (secondary N) is 1. The second kappa shape index (κ2) is 10.9. The summed E-state index contributed by atoms with van der Waals surface area (Å²) >= 11 is 0. The number of aryl methyl sites for hydroxylation is 1. The van der Waals surface area contributed by atoms with Crippen LogP contribution in [-0.2, 0) is 25.0 Å². The molecule has 0 radical (unpaired) electrons. The first-order valence-electron chi connectivity index (χ1n) is 10.9. The van der Waals surface area contributed by atoms with E-state index in [0.29, 0.717) is 13.1 Å². The highest BCUT2D eigenvalue weighted by atomic mass is 32.2. The molecule has 1 amide bonds. The quantitative estimate of drug-likeness (QED) is 0.625. The summed E-state index contributed by atoms with van der Waals surface area (Å²) in [6.07, 6.45) is 5.31. The number of benzene rings is 1. The number of amides is 1. The number of carbonyl (C=O) groups is 1. The molecule has 1 aromatic carbocycles. The molecule has 0 bridgehead atoms. The predicted molar refractivity (Wildman–Crippen MR) is 124 cm³/mol. The van der Waals surface area contributed by atoms with E-state index in [9.17, 15) is 21.6 Å². The first kappa shape index (κ1) is 24.8. The zero-order valence-electron chi connectivity index (χ0n) is 18.4. The first-order chi connectivity index (χ1) is 15.2. The van der Waals surface area contributed by atoms with Crippen LogP contribution >= 0.6 is 0 Å². The molecule has 11 heteroatoms. The third-order valence-electron chi connectivity index (χ3n) is 5.75. The topological polar surface area (TPSA) is 107 Å². The van der Waals surface area contributed by atoms with Gasteiger partial charge < -0.3 is 4.90 Å². The minimum absolute atomic E-state index is 0.213. The molecule has 2 aliphatic rings. The fraction of sp³-hybridized carbons (Fsp3) is 0.571. The second-order valence-corrected chi connectivity index (χ2v) is 11.8. The number of hydrogen-bond donors (Lipinski definition) is 1. The van der Waals surface area contributed by atoms with Crippen LogP contribution in [0.15, 0.2) is 29.7 Å². The minimum Gasteiger partial charge on any atom is -0.339 e. The molecule has 0 atom stereocenters. The molecule has 0 saturated carbocycles. The SMILES string of the molecule is Cc1ccc(/C=C/S(=O)(=O)NCC(=O)N2CCN(S(=O)(=O)N3CCCCCC3)CC2)cc1. The number of nitrogens with zero attached hydrogens (tertiary/aromatic N) is 3. The van der Waals surface area contributed by atoms with Crippen molar-refractivity contribution >= 4 is 32.2 Å². The van der Waals surface area contributed by atoms with E-state index in [1.807, 2.05) is 31.2 Å². The monoisotopic (exact) mass is 484 g/mol. The maximum Gasteiger partial charge on any atom is 0.282 e. The van der Waals surface area contributed by atoms with Crippen molar-refractivity contribution in [1.82, 2.24) is 18.2 Å². The lowest BCUT2D eigenvalue weighted by Crippen LogP contribution is -2.55. The number of piperazine rings is 1. The van der Waals surface area contributed by atoms with E-state index in [1.54, 1.807) is 4.31 Å². The summed E-state index contributed by atoms with van der Waals surface area (Å²) in [6.45, 7) is 3.58. The van der Waals surface area contributed by atoms with Crippen molar-refractivity contribution in [3.05, 3.63) is 40.8 Å². The van der Waals surface area contributed by atoms with Crippen LogP contribution in [0.25, 0.3) is 6.08 Å². The Bertz CT molecular complexity index is 1010. The van der Waals surface area contributed by atoms with Crippen LogP contribution in [0.5, 0.6) is 0 Å². The van der Waals surface area contributed by atoms with E-state index < -0.39 is 20.2 Å². The molecular formula is C21H32N4O5S2. The summed E-state index contributed by atoms with van der Waals surface area (Å²) in [7, 11) is -7.29. The molecule has 1 N–H and O–H groups in total. The zero-order valence-corrected chi connectivity index (χ0v) is 20.1. The summed E-state index contributed by atoms with van der Waals surface area (Å²) in [5, 5.41) is 1.04. The molecule has 0 unspecified atom stereocenters. The fourth-order valence-electron chi connectivity index (χ4n) is 3.77. The summed E-state index contributed by atoms with van der Waals surface area (Å²) in [4.78, 5) is 14.0. The van der Waals surface area contributed by atoms with E-state index in [-0.39, 0.29) is 38.6 Å². The standard InChI is InChI=1S/C21H32N4O5S2/c1-19-6-8-20(9-7-19)10-17-31(27,28)22-18-21(26)23-13-15-25(16-14-23)32(29,30)24-11-4-2-3-5-12-24/h6-10,17,22H,2-5,11-16,18H2,1H3/b17-10+. The molecule has 2 fully saturated rings. The van der Waals surface area contributed by atoms with E-state index >= 15 is 0 Å². The van der Waals surface area contributed by atoms with E-state index in [4.69, 9.17) is 0 Å². The predicted octanol–water partition coefficient (Wildman–Crippen LogP) is 1.15. The Morgan fingerprint density at radius 3 is 2.03 bits per heavy atom. The van der Waals surface area contributed by atoms with E-state index in [1.165, 1.54) is 15.3 Å². The lowest BCUT2D eigenvalue weighted by atomic mass is 10.2. The largest absolute Gasteiger partial charge is 0.339 e. The van der Waals surface area contributed by atoms with Gasteiger partial charge in [0.25, 0.3) is 10.2 Å². The second-order valence-electron chi connectivity index (χ2n) is 8.18. The van der Waals surface area contributed by atoms with Crippen molar-refractivity contribution in [1.29, 1.82) is 0 Å². The van der Waals surface area contributed by atoms with Gasteiger partial charge in [-0.3, -0.25) is 4.79 Å². The minimum atomic E-state index is -3.77. The average molecular weight is 485 g/mol. The highest BCUT2D eigenvalue weighted by molar-refractivity contribution is 7.92. The van der Waals surface area contributed by atoms with Crippen molar-refractivity contribution in [3.8, 4) is 0 Å². The lowest BCUT2D eigenvalue weighted by Gasteiger charge is -2.36. The van der Waals surface area contributed by atoms with Gasteiger partial charge in [-0.05, 0) is 31.4 Å². The Balaban J connectivity index is 1.48. The zero-order chi connectivity index (χ0) is 23.2. The molecule has 2 heterocycles. The summed E-state index contributed by atoms with van der Waals surface area (Å²) in [5.74, 6) is -0.371. The van der Waals surface area contributed by atoms with Crippen LogP contribution in [0, 0.1) is 6.92 Å². The Kier molecular flexibility index (Phi) is 8.45. The summed E-state index contributed by atoms with van der Waals surface area (Å²) in [5.41, 5.74) is 1.82. The van der Waals surface area contributed by atoms with Crippen molar-refractivity contribution in [2.45, 2.75) is 32.6 Å². The van der Waals surface area contributed by atoms with Crippen molar-refractivity contribution in [2.24, 2.45) is 0 Å². The fourth-order valence-corrected chi connectivity index (χ4v) is 6.20. The lowest BCUT2D eigenvalue weighted by molar-refractivity contribution is -0.131. The Morgan fingerprint density at radius 2 is 1.44 bits per heavy atom. The Labute approximate surface area is 191 Å². The van der Waals surface area contributed by atoms with Gasteiger partial charge in [-0.25, -0.2) is 13.1 Å². The molecule has 0 aromatic heterocycles. The Hall–Kier alpha value is -1.79. The van der Waals surface area contributed by atoms with Crippen LogP contribution < -0.4 is 4.72 Å². The first-order valence-corrected chi connectivity index (χ1v) is 13.9. The van der Waals surface area contributed by atoms with Crippen molar-refractivity contribution in [2.75, 3.05) is 45.8 Å². The van der Waals surface area contributed by atoms with Crippen molar-refractivity contribution < 1.29 is 21.6 Å². The Morgan fingerprint density at radius 1 is 0.875 bits per heavy atom.